The van der Waals surface area contributed by atoms with Gasteiger partial charge in [-0.05, 0) is 103 Å². The average Bonchev–Trinajstić information content (AvgIpc) is 3.37. The van der Waals surface area contributed by atoms with Crippen LogP contribution in [0, 0.1) is 0 Å². The fraction of sp³-hybridized carbons (Fsp3) is 0.617. The van der Waals surface area contributed by atoms with Gasteiger partial charge in [-0.25, -0.2) is 4.57 Å². The first-order valence-electron chi connectivity index (χ1n) is 27.4. The maximum Gasteiger partial charge on any atom is 0.472 e. The summed E-state index contributed by atoms with van der Waals surface area (Å²) < 4.78 is 39.3. The Labute approximate surface area is 437 Å². The maximum atomic E-state index is 12.9. The van der Waals surface area contributed by atoms with Crippen molar-refractivity contribution < 1.29 is 52.2 Å². The van der Waals surface area contributed by atoms with Crippen molar-refractivity contribution in [2.24, 2.45) is 0 Å². The van der Waals surface area contributed by atoms with Crippen LogP contribution in [0.25, 0.3) is 0 Å². The average molecular weight is 1030 g/mol. The van der Waals surface area contributed by atoms with Crippen LogP contribution in [0.4, 0.5) is 0 Å². The monoisotopic (exact) mass is 1020 g/mol. The zero-order valence-corrected chi connectivity index (χ0v) is 45.7. The number of allylic oxidation sites excluding steroid dienone is 20. The molecule has 0 heterocycles. The van der Waals surface area contributed by atoms with E-state index in [1.807, 2.05) is 30.4 Å². The molecule has 0 aromatic carbocycles. The molecular formula is C60H97O11P. The molecular weight excluding hydrogens is 928 g/mol. The van der Waals surface area contributed by atoms with Crippen molar-refractivity contribution in [3.05, 3.63) is 122 Å². The fourth-order valence-electron chi connectivity index (χ4n) is 6.77. The molecule has 0 fully saturated rings. The molecule has 0 aliphatic heterocycles. The van der Waals surface area contributed by atoms with Gasteiger partial charge in [0.2, 0.25) is 0 Å². The highest BCUT2D eigenvalue weighted by Gasteiger charge is 2.28. The quantitative estimate of drug-likeness (QED) is 0.0197. The van der Waals surface area contributed by atoms with Crippen LogP contribution in [0.3, 0.4) is 0 Å². The first-order valence-corrected chi connectivity index (χ1v) is 28.9. The van der Waals surface area contributed by atoms with Gasteiger partial charge in [-0.1, -0.05) is 200 Å². The number of rotatable bonds is 49. The van der Waals surface area contributed by atoms with E-state index in [4.69, 9.17) is 23.3 Å². The van der Waals surface area contributed by atoms with Crippen molar-refractivity contribution in [2.45, 2.75) is 213 Å². The topological polar surface area (TPSA) is 155 Å². The molecule has 0 aliphatic rings. The summed E-state index contributed by atoms with van der Waals surface area (Å²) in [4.78, 5) is 48.3. The molecule has 72 heavy (non-hydrogen) atoms. The van der Waals surface area contributed by atoms with Gasteiger partial charge in [0.15, 0.2) is 6.10 Å². The smallest absolute Gasteiger partial charge is 0.462 e. The van der Waals surface area contributed by atoms with Crippen LogP contribution >= 0.6 is 7.82 Å². The lowest BCUT2D eigenvalue weighted by atomic mass is 10.1. The minimum absolute atomic E-state index is 0.0454. The van der Waals surface area contributed by atoms with E-state index in [1.165, 1.54) is 51.4 Å². The van der Waals surface area contributed by atoms with E-state index in [2.05, 4.69) is 112 Å². The van der Waals surface area contributed by atoms with E-state index in [1.54, 1.807) is 0 Å². The molecule has 0 saturated heterocycles. The van der Waals surface area contributed by atoms with E-state index in [0.29, 0.717) is 19.3 Å². The van der Waals surface area contributed by atoms with Gasteiger partial charge in [0.25, 0.3) is 0 Å². The van der Waals surface area contributed by atoms with Crippen LogP contribution in [0.15, 0.2) is 122 Å². The summed E-state index contributed by atoms with van der Waals surface area (Å²) in [7, 11) is -4.79. The number of aliphatic hydroxyl groups excluding tert-OH is 1. The fourth-order valence-corrected chi connectivity index (χ4v) is 7.55. The number of esters is 3. The third kappa shape index (κ3) is 50.8. The van der Waals surface area contributed by atoms with Gasteiger partial charge in [-0.3, -0.25) is 23.4 Å². The summed E-state index contributed by atoms with van der Waals surface area (Å²) in [5, 5.41) is 9.77. The van der Waals surface area contributed by atoms with Crippen molar-refractivity contribution in [1.82, 2.24) is 0 Å². The third-order valence-electron chi connectivity index (χ3n) is 10.9. The van der Waals surface area contributed by atoms with Gasteiger partial charge in [0, 0.05) is 19.3 Å². The molecule has 0 amide bonds. The Morgan fingerprint density at radius 3 is 1.19 bits per heavy atom. The highest BCUT2D eigenvalue weighted by Crippen LogP contribution is 2.43. The van der Waals surface area contributed by atoms with Crippen molar-refractivity contribution >= 4 is 25.7 Å². The van der Waals surface area contributed by atoms with Crippen LogP contribution in [0.1, 0.15) is 201 Å². The van der Waals surface area contributed by atoms with Crippen molar-refractivity contribution in [3.8, 4) is 0 Å². The van der Waals surface area contributed by atoms with E-state index in [-0.39, 0.29) is 25.9 Å². The number of carbonyl (C=O) groups is 3. The maximum absolute atomic E-state index is 12.9. The molecule has 0 rings (SSSR count). The molecule has 0 aromatic heterocycles. The third-order valence-corrected chi connectivity index (χ3v) is 11.8. The molecule has 3 unspecified atom stereocenters. The summed E-state index contributed by atoms with van der Waals surface area (Å²) in [5.41, 5.74) is 0. The Bertz CT molecular complexity index is 1670. The summed E-state index contributed by atoms with van der Waals surface area (Å²) in [6, 6.07) is 0. The van der Waals surface area contributed by atoms with Crippen LogP contribution in [0.5, 0.6) is 0 Å². The van der Waals surface area contributed by atoms with Crippen LogP contribution < -0.4 is 0 Å². The minimum Gasteiger partial charge on any atom is -0.462 e. The molecule has 3 atom stereocenters. The van der Waals surface area contributed by atoms with E-state index in [0.717, 1.165) is 89.9 Å². The summed E-state index contributed by atoms with van der Waals surface area (Å²) >= 11 is 0. The Kier molecular flexibility index (Phi) is 50.1. The Morgan fingerprint density at radius 1 is 0.403 bits per heavy atom. The number of phosphoric ester groups is 1. The largest absolute Gasteiger partial charge is 0.472 e. The number of aliphatic hydroxyl groups is 1. The number of hydrogen-bond acceptors (Lipinski definition) is 10. The highest BCUT2D eigenvalue weighted by atomic mass is 31.2. The summed E-state index contributed by atoms with van der Waals surface area (Å²) in [6.45, 7) is 4.19. The van der Waals surface area contributed by atoms with Gasteiger partial charge in [0.05, 0.1) is 19.8 Å². The SMILES string of the molecule is CC/C=C\C/C=C\C/C=C\C/C=C\CCC(=O)OCC(COP(=O)(O)OCC(CO)OC(=O)CC/C=C\C/C=C\C/C=C\C/C=C\CC)OC(=O)CCCCCCCCCCC/C=C\C/C=C\CCCCC. The zero-order chi connectivity index (χ0) is 52.7. The van der Waals surface area contributed by atoms with Crippen LogP contribution in [-0.2, 0) is 42.2 Å². The minimum atomic E-state index is -4.79. The second kappa shape index (κ2) is 53.2. The van der Waals surface area contributed by atoms with Gasteiger partial charge < -0.3 is 24.2 Å². The molecule has 0 saturated carbocycles. The predicted octanol–water partition coefficient (Wildman–Crippen LogP) is 16.0. The predicted molar refractivity (Wildman–Crippen MR) is 297 cm³/mol. The highest BCUT2D eigenvalue weighted by molar-refractivity contribution is 7.47. The van der Waals surface area contributed by atoms with Gasteiger partial charge in [-0.2, -0.15) is 0 Å². The molecule has 0 aromatic rings. The van der Waals surface area contributed by atoms with Crippen LogP contribution in [0.2, 0.25) is 0 Å². The number of hydrogen-bond donors (Lipinski definition) is 2. The number of unbranched alkanes of at least 4 members (excludes halogenated alkanes) is 12. The molecule has 0 radical (unpaired) electrons. The molecule has 2 N–H and O–H groups in total. The lowest BCUT2D eigenvalue weighted by Crippen LogP contribution is -2.30. The number of carbonyl (C=O) groups excluding carboxylic acids is 3. The molecule has 11 nitrogen and oxygen atoms in total. The van der Waals surface area contributed by atoms with Gasteiger partial charge >= 0.3 is 25.7 Å². The van der Waals surface area contributed by atoms with Crippen molar-refractivity contribution in [2.75, 3.05) is 26.4 Å². The Hall–Kier alpha value is -4.12. The standard InChI is InChI=1S/C60H97O11P/c1-4-7-10-13-16-19-22-25-26-27-28-29-30-33-36-39-42-45-48-51-60(64)71-57(53-67-58(62)49-46-43-40-37-34-31-23-20-17-14-11-8-5-2)55-69-72(65,66)68-54-56(52-61)70-59(63)50-47-44-41-38-35-32-24-21-18-15-12-9-6-3/h8-9,11-12,16-21,25-26,31-32,34-35,40-41,43-44,56-57,61H,4-7,10,13-15,22-24,27-30,33,36-39,42,45-55H2,1-3H3,(H,65,66)/b11-8-,12-9-,19-16-,20-17-,21-18-,26-25-,34-31-,35-32-,43-40-,44-41-. The van der Waals surface area contributed by atoms with Gasteiger partial charge in [-0.15, -0.1) is 0 Å². The zero-order valence-electron chi connectivity index (χ0n) is 44.8. The molecule has 408 valence electrons. The first-order chi connectivity index (χ1) is 35.2. The molecule has 0 spiro atoms. The van der Waals surface area contributed by atoms with E-state index >= 15 is 0 Å². The van der Waals surface area contributed by atoms with Crippen molar-refractivity contribution in [1.29, 1.82) is 0 Å². The van der Waals surface area contributed by atoms with Crippen LogP contribution in [-0.4, -0.2) is 66.5 Å². The second-order valence-electron chi connectivity index (χ2n) is 17.6. The molecule has 12 heteroatoms. The normalized spacial score (nSPS) is 14.3. The molecule has 0 aliphatic carbocycles. The van der Waals surface area contributed by atoms with E-state index in [9.17, 15) is 28.9 Å². The van der Waals surface area contributed by atoms with Crippen molar-refractivity contribution in [3.63, 3.8) is 0 Å². The van der Waals surface area contributed by atoms with Gasteiger partial charge in [0.1, 0.15) is 12.7 Å². The molecule has 0 bridgehead atoms. The Morgan fingerprint density at radius 2 is 0.750 bits per heavy atom. The lowest BCUT2D eigenvalue weighted by molar-refractivity contribution is -0.161. The second-order valence-corrected chi connectivity index (χ2v) is 19.1. The Balaban J connectivity index is 4.86. The van der Waals surface area contributed by atoms with E-state index < -0.39 is 57.8 Å². The first kappa shape index (κ1) is 67.9. The lowest BCUT2D eigenvalue weighted by Gasteiger charge is -2.21. The number of phosphoric acid groups is 1. The summed E-state index contributed by atoms with van der Waals surface area (Å²) in [6.07, 6.45) is 64.9. The number of ether oxygens (including phenoxy) is 3. The summed E-state index contributed by atoms with van der Waals surface area (Å²) in [5.74, 6) is -1.67.